The molecule has 0 N–H and O–H groups in total. The van der Waals surface area contributed by atoms with Crippen molar-refractivity contribution in [1.29, 1.82) is 5.26 Å². The van der Waals surface area contributed by atoms with Crippen LogP contribution in [0.4, 0.5) is 10.5 Å². The summed E-state index contributed by atoms with van der Waals surface area (Å²) in [7, 11) is 1.58. The number of hydrogen-bond acceptors (Lipinski definition) is 6. The van der Waals surface area contributed by atoms with Crippen LogP contribution in [0.15, 0.2) is 36.8 Å². The van der Waals surface area contributed by atoms with E-state index < -0.39 is 5.60 Å². The number of fused-ring (bicyclic) bond motifs is 1. The smallest absolute Gasteiger partial charge is 0.415 e. The molecule has 2 fully saturated rings. The summed E-state index contributed by atoms with van der Waals surface area (Å²) in [5.41, 5.74) is 3.47. The number of pyridine rings is 1. The van der Waals surface area contributed by atoms with Crippen LogP contribution in [0, 0.1) is 23.7 Å². The molecule has 2 aliphatic rings. The van der Waals surface area contributed by atoms with Crippen molar-refractivity contribution < 1.29 is 14.3 Å². The lowest BCUT2D eigenvalue weighted by atomic mass is 9.68. The Morgan fingerprint density at radius 1 is 1.27 bits per heavy atom. The molecule has 1 aliphatic heterocycles. The molecule has 1 aromatic carbocycles. The molecular formula is C25H27N5O3. The first kappa shape index (κ1) is 21.3. The molecule has 3 heterocycles. The second-order valence-electron chi connectivity index (χ2n) is 9.69. The standard InChI is InChI=1S/C25H27N5O3/c1-17-9-19(12-27-22(17)32-3)30-15-25(33-23(30)31)8-4-7-24(2,13-25)14-29-16-28-20-6-5-18(11-26)10-21(20)29/h5-6,9-10,12,16H,4,7-8,13-15H2,1-3H3/t24-,25+/m0/s1. The number of amides is 1. The topological polar surface area (TPSA) is 93.3 Å². The Kier molecular flexibility index (Phi) is 5.00. The Hall–Kier alpha value is -3.60. The molecule has 0 unspecified atom stereocenters. The minimum Gasteiger partial charge on any atom is -0.481 e. The lowest BCUT2D eigenvalue weighted by molar-refractivity contribution is -0.0264. The molecule has 0 bridgehead atoms. The van der Waals surface area contributed by atoms with Gasteiger partial charge in [0.05, 0.1) is 54.5 Å². The van der Waals surface area contributed by atoms with E-state index >= 15 is 0 Å². The van der Waals surface area contributed by atoms with Crippen LogP contribution in [0.25, 0.3) is 11.0 Å². The number of ether oxygens (including phenoxy) is 2. The van der Waals surface area contributed by atoms with Gasteiger partial charge in [0, 0.05) is 12.1 Å². The van der Waals surface area contributed by atoms with E-state index in [1.807, 2.05) is 31.5 Å². The third kappa shape index (κ3) is 3.78. The number of nitriles is 1. The lowest BCUT2D eigenvalue weighted by Gasteiger charge is -2.43. The zero-order chi connectivity index (χ0) is 23.2. The lowest BCUT2D eigenvalue weighted by Crippen LogP contribution is -2.45. The highest BCUT2D eigenvalue weighted by atomic mass is 16.6. The number of aryl methyl sites for hydroxylation is 1. The van der Waals surface area contributed by atoms with Crippen LogP contribution in [0.3, 0.4) is 0 Å². The Morgan fingerprint density at radius 3 is 2.88 bits per heavy atom. The van der Waals surface area contributed by atoms with Crippen molar-refractivity contribution in [1.82, 2.24) is 14.5 Å². The maximum Gasteiger partial charge on any atom is 0.415 e. The molecule has 3 aromatic rings. The van der Waals surface area contributed by atoms with Crippen LogP contribution in [0.1, 0.15) is 43.7 Å². The maximum absolute atomic E-state index is 12.9. The van der Waals surface area contributed by atoms with E-state index in [2.05, 4.69) is 27.5 Å². The minimum absolute atomic E-state index is 0.0705. The largest absolute Gasteiger partial charge is 0.481 e. The monoisotopic (exact) mass is 445 g/mol. The quantitative estimate of drug-likeness (QED) is 0.583. The second-order valence-corrected chi connectivity index (χ2v) is 9.69. The number of rotatable bonds is 4. The van der Waals surface area contributed by atoms with Crippen molar-refractivity contribution in [3.05, 3.63) is 47.9 Å². The van der Waals surface area contributed by atoms with Crippen LogP contribution in [0.5, 0.6) is 5.88 Å². The van der Waals surface area contributed by atoms with Gasteiger partial charge >= 0.3 is 6.09 Å². The third-order valence-corrected chi connectivity index (χ3v) is 6.96. The third-order valence-electron chi connectivity index (χ3n) is 6.96. The number of carbonyl (C=O) groups is 1. The average Bonchev–Trinajstić information content (AvgIpc) is 3.32. The predicted octanol–water partition coefficient (Wildman–Crippen LogP) is 4.60. The van der Waals surface area contributed by atoms with Gasteiger partial charge in [-0.3, -0.25) is 4.90 Å². The molecule has 1 amide bonds. The Bertz CT molecular complexity index is 1280. The van der Waals surface area contributed by atoms with E-state index in [0.717, 1.165) is 54.5 Å². The highest BCUT2D eigenvalue weighted by molar-refractivity contribution is 5.90. The van der Waals surface area contributed by atoms with Gasteiger partial charge in [0.25, 0.3) is 0 Å². The highest BCUT2D eigenvalue weighted by Gasteiger charge is 2.51. The number of nitrogens with zero attached hydrogens (tertiary/aromatic N) is 5. The van der Waals surface area contributed by atoms with Crippen LogP contribution in [-0.4, -0.2) is 39.9 Å². The van der Waals surface area contributed by atoms with Gasteiger partial charge in [-0.05, 0) is 62.3 Å². The number of aromatic nitrogens is 3. The molecule has 170 valence electrons. The molecule has 2 aromatic heterocycles. The normalized spacial score (nSPS) is 24.8. The number of carbonyl (C=O) groups excluding carboxylic acids is 1. The maximum atomic E-state index is 12.9. The number of hydrogen-bond donors (Lipinski definition) is 0. The summed E-state index contributed by atoms with van der Waals surface area (Å²) in [4.78, 5) is 23.4. The fourth-order valence-electron chi connectivity index (χ4n) is 5.54. The van der Waals surface area contributed by atoms with Crippen molar-refractivity contribution in [2.75, 3.05) is 18.6 Å². The fraction of sp³-hybridized carbons (Fsp3) is 0.440. The summed E-state index contributed by atoms with van der Waals surface area (Å²) in [6.45, 7) is 5.43. The van der Waals surface area contributed by atoms with Gasteiger partial charge in [-0.25, -0.2) is 14.8 Å². The van der Waals surface area contributed by atoms with Gasteiger partial charge in [0.2, 0.25) is 5.88 Å². The second kappa shape index (κ2) is 7.77. The van der Waals surface area contributed by atoms with Crippen molar-refractivity contribution in [3.63, 3.8) is 0 Å². The number of methoxy groups -OCH3 is 1. The van der Waals surface area contributed by atoms with Crippen LogP contribution < -0.4 is 9.64 Å². The first-order valence-electron chi connectivity index (χ1n) is 11.2. The van der Waals surface area contributed by atoms with E-state index in [1.165, 1.54) is 0 Å². The van der Waals surface area contributed by atoms with Crippen LogP contribution in [0.2, 0.25) is 0 Å². The number of benzene rings is 1. The minimum atomic E-state index is -0.522. The molecule has 2 atom stereocenters. The van der Waals surface area contributed by atoms with Crippen molar-refractivity contribution in [2.24, 2.45) is 5.41 Å². The SMILES string of the molecule is COc1ncc(N2C[C@]3(CCC[C@](C)(Cn4cnc5ccc(C#N)cc54)C3)OC2=O)cc1C. The zero-order valence-corrected chi connectivity index (χ0v) is 19.2. The molecule has 0 radical (unpaired) electrons. The molecule has 33 heavy (non-hydrogen) atoms. The van der Waals surface area contributed by atoms with Gasteiger partial charge in [-0.2, -0.15) is 5.26 Å². The molecule has 8 heteroatoms. The van der Waals surface area contributed by atoms with Crippen LogP contribution >= 0.6 is 0 Å². The summed E-state index contributed by atoms with van der Waals surface area (Å²) >= 11 is 0. The van der Waals surface area contributed by atoms with Crippen molar-refractivity contribution in [3.8, 4) is 11.9 Å². The summed E-state index contributed by atoms with van der Waals surface area (Å²) in [5, 5.41) is 9.28. The molecular weight excluding hydrogens is 418 g/mol. The Balaban J connectivity index is 1.39. The van der Waals surface area contributed by atoms with E-state index in [0.29, 0.717) is 18.0 Å². The summed E-state index contributed by atoms with van der Waals surface area (Å²) < 4.78 is 13.4. The van der Waals surface area contributed by atoms with Gasteiger partial charge in [-0.15, -0.1) is 0 Å². The molecule has 5 rings (SSSR count). The predicted molar refractivity (Wildman–Crippen MR) is 123 cm³/mol. The van der Waals surface area contributed by atoms with Crippen molar-refractivity contribution in [2.45, 2.75) is 51.7 Å². The Labute approximate surface area is 192 Å². The summed E-state index contributed by atoms with van der Waals surface area (Å²) in [6, 6.07) is 9.69. The molecule has 1 spiro atoms. The van der Waals surface area contributed by atoms with E-state index in [9.17, 15) is 10.1 Å². The average molecular weight is 446 g/mol. The highest BCUT2D eigenvalue weighted by Crippen LogP contribution is 2.48. The van der Waals surface area contributed by atoms with Gasteiger partial charge in [-0.1, -0.05) is 6.92 Å². The summed E-state index contributed by atoms with van der Waals surface area (Å²) in [5.74, 6) is 0.554. The van der Waals surface area contributed by atoms with Gasteiger partial charge < -0.3 is 14.0 Å². The van der Waals surface area contributed by atoms with E-state index in [-0.39, 0.29) is 11.5 Å². The first-order chi connectivity index (χ1) is 15.8. The molecule has 8 nitrogen and oxygen atoms in total. The van der Waals surface area contributed by atoms with E-state index in [1.54, 1.807) is 24.3 Å². The Morgan fingerprint density at radius 2 is 2.12 bits per heavy atom. The number of imidazole rings is 1. The molecule has 1 aliphatic carbocycles. The van der Waals surface area contributed by atoms with E-state index in [4.69, 9.17) is 9.47 Å². The van der Waals surface area contributed by atoms with Crippen LogP contribution in [-0.2, 0) is 11.3 Å². The van der Waals surface area contributed by atoms with Gasteiger partial charge in [0.1, 0.15) is 5.60 Å². The van der Waals surface area contributed by atoms with Crippen molar-refractivity contribution >= 4 is 22.8 Å². The van der Waals surface area contributed by atoms with Gasteiger partial charge in [0.15, 0.2) is 0 Å². The summed E-state index contributed by atoms with van der Waals surface area (Å²) in [6.07, 6.45) is 6.81. The molecule has 1 saturated carbocycles. The zero-order valence-electron chi connectivity index (χ0n) is 19.2. The number of anilines is 1. The molecule has 1 saturated heterocycles. The fourth-order valence-corrected chi connectivity index (χ4v) is 5.54. The first-order valence-corrected chi connectivity index (χ1v) is 11.2.